The number of furan rings is 1. The van der Waals surface area contributed by atoms with Crippen LogP contribution in [-0.2, 0) is 6.61 Å². The van der Waals surface area contributed by atoms with Crippen molar-refractivity contribution in [1.29, 1.82) is 0 Å². The minimum atomic E-state index is -0.208. The third kappa shape index (κ3) is 4.03. The zero-order valence-electron chi connectivity index (χ0n) is 11.2. The van der Waals surface area contributed by atoms with E-state index < -0.39 is 0 Å². The van der Waals surface area contributed by atoms with Crippen LogP contribution in [-0.4, -0.2) is 12.5 Å². The van der Waals surface area contributed by atoms with Crippen molar-refractivity contribution in [2.75, 3.05) is 6.54 Å². The van der Waals surface area contributed by atoms with Crippen LogP contribution in [0, 0.1) is 0 Å². The molecule has 20 heavy (non-hydrogen) atoms. The highest BCUT2D eigenvalue weighted by atomic mass is 35.5. The van der Waals surface area contributed by atoms with Crippen LogP contribution in [0.3, 0.4) is 0 Å². The highest BCUT2D eigenvalue weighted by Crippen LogP contribution is 2.19. The maximum absolute atomic E-state index is 11.7. The Morgan fingerprint density at radius 1 is 1.35 bits per heavy atom. The molecule has 1 aromatic heterocycles. The van der Waals surface area contributed by atoms with Crippen molar-refractivity contribution in [2.45, 2.75) is 20.0 Å². The molecule has 0 saturated carbocycles. The van der Waals surface area contributed by atoms with Gasteiger partial charge in [-0.15, -0.1) is 0 Å². The lowest BCUT2D eigenvalue weighted by Gasteiger charge is -2.04. The molecule has 0 spiro atoms. The third-order valence-electron chi connectivity index (χ3n) is 2.60. The standard InChI is InChI=1S/C15H16ClNO3/c1-2-8-17-15(18)14-7-6-13(20-14)10-19-12-5-3-4-11(16)9-12/h3-7,9H,2,8,10H2,1H3,(H,17,18). The van der Waals surface area contributed by atoms with Crippen LogP contribution < -0.4 is 10.1 Å². The van der Waals surface area contributed by atoms with Crippen molar-refractivity contribution in [1.82, 2.24) is 5.32 Å². The second kappa shape index (κ2) is 7.01. The minimum Gasteiger partial charge on any atom is -0.486 e. The molecule has 0 radical (unpaired) electrons. The van der Waals surface area contributed by atoms with Crippen molar-refractivity contribution in [3.05, 3.63) is 52.9 Å². The predicted octanol–water partition coefficient (Wildman–Crippen LogP) is 3.65. The second-order valence-electron chi connectivity index (χ2n) is 4.27. The van der Waals surface area contributed by atoms with Gasteiger partial charge in [-0.3, -0.25) is 4.79 Å². The van der Waals surface area contributed by atoms with Gasteiger partial charge in [-0.1, -0.05) is 24.6 Å². The van der Waals surface area contributed by atoms with E-state index in [0.717, 1.165) is 6.42 Å². The zero-order chi connectivity index (χ0) is 14.4. The van der Waals surface area contributed by atoms with Crippen LogP contribution in [0.5, 0.6) is 5.75 Å². The quantitative estimate of drug-likeness (QED) is 0.884. The molecule has 0 aliphatic rings. The van der Waals surface area contributed by atoms with Crippen LogP contribution in [0.4, 0.5) is 0 Å². The number of carbonyl (C=O) groups is 1. The van der Waals surface area contributed by atoms with Gasteiger partial charge in [0.15, 0.2) is 5.76 Å². The maximum atomic E-state index is 11.7. The lowest BCUT2D eigenvalue weighted by atomic mass is 10.3. The van der Waals surface area contributed by atoms with E-state index in [2.05, 4.69) is 5.32 Å². The molecule has 1 aromatic carbocycles. The second-order valence-corrected chi connectivity index (χ2v) is 4.70. The highest BCUT2D eigenvalue weighted by molar-refractivity contribution is 6.30. The summed E-state index contributed by atoms with van der Waals surface area (Å²) in [6, 6.07) is 10.5. The molecule has 1 N–H and O–H groups in total. The molecule has 5 heteroatoms. The first kappa shape index (κ1) is 14.5. The third-order valence-corrected chi connectivity index (χ3v) is 2.83. The van der Waals surface area contributed by atoms with E-state index in [1.807, 2.05) is 19.1 Å². The molecule has 0 unspecified atom stereocenters. The highest BCUT2D eigenvalue weighted by Gasteiger charge is 2.10. The molecule has 1 heterocycles. The van der Waals surface area contributed by atoms with E-state index in [9.17, 15) is 4.79 Å². The van der Waals surface area contributed by atoms with Crippen LogP contribution in [0.15, 0.2) is 40.8 Å². The van der Waals surface area contributed by atoms with Crippen LogP contribution >= 0.6 is 11.6 Å². The van der Waals surface area contributed by atoms with Crippen molar-refractivity contribution in [3.8, 4) is 5.75 Å². The summed E-state index contributed by atoms with van der Waals surface area (Å²) in [6.45, 7) is 2.88. The van der Waals surface area contributed by atoms with Gasteiger partial charge in [0.1, 0.15) is 18.1 Å². The first-order valence-corrected chi connectivity index (χ1v) is 6.82. The SMILES string of the molecule is CCCNC(=O)c1ccc(COc2cccc(Cl)c2)o1. The lowest BCUT2D eigenvalue weighted by molar-refractivity contribution is 0.0922. The predicted molar refractivity (Wildman–Crippen MR) is 77.1 cm³/mol. The molecule has 2 rings (SSSR count). The summed E-state index contributed by atoms with van der Waals surface area (Å²) in [5.41, 5.74) is 0. The van der Waals surface area contributed by atoms with Crippen molar-refractivity contribution in [3.63, 3.8) is 0 Å². The van der Waals surface area contributed by atoms with E-state index >= 15 is 0 Å². The smallest absolute Gasteiger partial charge is 0.286 e. The molecule has 0 atom stereocenters. The normalized spacial score (nSPS) is 10.3. The van der Waals surface area contributed by atoms with Crippen molar-refractivity contribution < 1.29 is 13.9 Å². The van der Waals surface area contributed by atoms with Crippen LogP contribution in [0.25, 0.3) is 0 Å². The van der Waals surface area contributed by atoms with Gasteiger partial charge < -0.3 is 14.5 Å². The Labute approximate surface area is 122 Å². The Balaban J connectivity index is 1.91. The molecule has 0 aliphatic heterocycles. The van der Waals surface area contributed by atoms with Gasteiger partial charge in [-0.25, -0.2) is 0 Å². The summed E-state index contributed by atoms with van der Waals surface area (Å²) >= 11 is 5.86. The summed E-state index contributed by atoms with van der Waals surface area (Å²) in [5, 5.41) is 3.36. The molecular weight excluding hydrogens is 278 g/mol. The molecule has 1 amide bonds. The molecular formula is C15H16ClNO3. The monoisotopic (exact) mass is 293 g/mol. The van der Waals surface area contributed by atoms with Crippen LogP contribution in [0.2, 0.25) is 5.02 Å². The number of ether oxygens (including phenoxy) is 1. The molecule has 2 aromatic rings. The summed E-state index contributed by atoms with van der Waals surface area (Å²) in [7, 11) is 0. The average Bonchev–Trinajstić information content (AvgIpc) is 2.91. The number of carbonyl (C=O) groups excluding carboxylic acids is 1. The number of amides is 1. The van der Waals surface area contributed by atoms with Crippen LogP contribution in [0.1, 0.15) is 29.7 Å². The van der Waals surface area contributed by atoms with E-state index in [1.54, 1.807) is 24.3 Å². The number of rotatable bonds is 6. The fourth-order valence-electron chi connectivity index (χ4n) is 1.61. The fourth-order valence-corrected chi connectivity index (χ4v) is 1.79. The Bertz CT molecular complexity index is 580. The number of hydrogen-bond donors (Lipinski definition) is 1. The topological polar surface area (TPSA) is 51.5 Å². The first-order chi connectivity index (χ1) is 9.69. The Morgan fingerprint density at radius 3 is 2.95 bits per heavy atom. The average molecular weight is 294 g/mol. The molecule has 0 fully saturated rings. The molecule has 0 saturated heterocycles. The molecule has 106 valence electrons. The van der Waals surface area contributed by atoms with Gasteiger partial charge in [0, 0.05) is 11.6 Å². The van der Waals surface area contributed by atoms with Gasteiger partial charge in [0.2, 0.25) is 0 Å². The summed E-state index contributed by atoms with van der Waals surface area (Å²) in [4.78, 5) is 11.7. The Kier molecular flexibility index (Phi) is 5.07. The summed E-state index contributed by atoms with van der Waals surface area (Å²) < 4.78 is 11.0. The summed E-state index contributed by atoms with van der Waals surface area (Å²) in [6.07, 6.45) is 0.886. The Morgan fingerprint density at radius 2 is 2.20 bits per heavy atom. The Hall–Kier alpha value is -1.94. The van der Waals surface area contributed by atoms with E-state index in [4.69, 9.17) is 20.8 Å². The van der Waals surface area contributed by atoms with Gasteiger partial charge in [-0.05, 0) is 36.8 Å². The van der Waals surface area contributed by atoms with E-state index in [0.29, 0.717) is 28.8 Å². The number of nitrogens with one attached hydrogen (secondary N) is 1. The van der Waals surface area contributed by atoms with Gasteiger partial charge in [0.25, 0.3) is 5.91 Å². The molecule has 4 nitrogen and oxygen atoms in total. The zero-order valence-corrected chi connectivity index (χ0v) is 11.9. The van der Waals surface area contributed by atoms with Crippen molar-refractivity contribution in [2.24, 2.45) is 0 Å². The van der Waals surface area contributed by atoms with E-state index in [1.165, 1.54) is 0 Å². The maximum Gasteiger partial charge on any atom is 0.286 e. The lowest BCUT2D eigenvalue weighted by Crippen LogP contribution is -2.23. The summed E-state index contributed by atoms with van der Waals surface area (Å²) in [5.74, 6) is 1.33. The largest absolute Gasteiger partial charge is 0.486 e. The minimum absolute atomic E-state index is 0.208. The van der Waals surface area contributed by atoms with Gasteiger partial charge >= 0.3 is 0 Å². The van der Waals surface area contributed by atoms with E-state index in [-0.39, 0.29) is 12.5 Å². The number of halogens is 1. The first-order valence-electron chi connectivity index (χ1n) is 6.44. The van der Waals surface area contributed by atoms with Gasteiger partial charge in [-0.2, -0.15) is 0 Å². The fraction of sp³-hybridized carbons (Fsp3) is 0.267. The number of hydrogen-bond acceptors (Lipinski definition) is 3. The van der Waals surface area contributed by atoms with Crippen molar-refractivity contribution >= 4 is 17.5 Å². The number of benzene rings is 1. The molecule has 0 aliphatic carbocycles. The molecule has 0 bridgehead atoms. The van der Waals surface area contributed by atoms with Gasteiger partial charge in [0.05, 0.1) is 0 Å².